The molecule has 1 atom stereocenters. The van der Waals surface area contributed by atoms with Gasteiger partial charge in [0.05, 0.1) is 0 Å². The van der Waals surface area contributed by atoms with E-state index in [4.69, 9.17) is 19.3 Å². The molecule has 0 aliphatic carbocycles. The molecule has 0 bridgehead atoms. The van der Waals surface area contributed by atoms with Crippen LogP contribution >= 0.6 is 11.3 Å². The molecule has 20 heavy (non-hydrogen) atoms. The third kappa shape index (κ3) is 2.55. The highest BCUT2D eigenvalue weighted by molar-refractivity contribution is 7.12. The monoisotopic (exact) mass is 292 g/mol. The smallest absolute Gasteiger partial charge is 0.349 e. The van der Waals surface area contributed by atoms with Crippen LogP contribution in [-0.4, -0.2) is 30.4 Å². The zero-order valence-electron chi connectivity index (χ0n) is 10.4. The van der Waals surface area contributed by atoms with Crippen LogP contribution in [0.5, 0.6) is 17.2 Å². The van der Waals surface area contributed by atoms with Crippen molar-refractivity contribution in [1.29, 1.82) is 0 Å². The maximum Gasteiger partial charge on any atom is 0.349 e. The predicted molar refractivity (Wildman–Crippen MR) is 73.1 cm³/mol. The normalized spacial score (nSPS) is 16.7. The molecule has 1 aliphatic rings. The third-order valence-corrected chi connectivity index (χ3v) is 3.70. The summed E-state index contributed by atoms with van der Waals surface area (Å²) in [5, 5.41) is 10.7. The molecule has 2 heterocycles. The van der Waals surface area contributed by atoms with Crippen LogP contribution in [0.2, 0.25) is 0 Å². The SMILES string of the molecule is O=C(O)c1sccc1OCC1COc2ccccc2O1. The van der Waals surface area contributed by atoms with Gasteiger partial charge in [0.25, 0.3) is 0 Å². The van der Waals surface area contributed by atoms with E-state index in [9.17, 15) is 4.79 Å². The van der Waals surface area contributed by atoms with E-state index in [-0.39, 0.29) is 17.6 Å². The van der Waals surface area contributed by atoms with Crippen molar-refractivity contribution in [2.45, 2.75) is 6.10 Å². The van der Waals surface area contributed by atoms with Gasteiger partial charge in [-0.25, -0.2) is 4.79 Å². The summed E-state index contributed by atoms with van der Waals surface area (Å²) in [4.78, 5) is 11.2. The Morgan fingerprint density at radius 1 is 1.35 bits per heavy atom. The second kappa shape index (κ2) is 5.42. The lowest BCUT2D eigenvalue weighted by molar-refractivity contribution is 0.0523. The Labute approximate surface area is 119 Å². The number of carbonyl (C=O) groups is 1. The lowest BCUT2D eigenvalue weighted by Crippen LogP contribution is -2.34. The summed E-state index contributed by atoms with van der Waals surface area (Å²) in [6.07, 6.45) is -0.258. The van der Waals surface area contributed by atoms with Gasteiger partial charge in [-0.3, -0.25) is 0 Å². The number of thiophene rings is 1. The van der Waals surface area contributed by atoms with Crippen LogP contribution in [0.3, 0.4) is 0 Å². The second-order valence-corrected chi connectivity index (χ2v) is 5.14. The van der Waals surface area contributed by atoms with E-state index in [1.165, 1.54) is 0 Å². The summed E-state index contributed by atoms with van der Waals surface area (Å²) in [7, 11) is 0. The van der Waals surface area contributed by atoms with Crippen molar-refractivity contribution in [1.82, 2.24) is 0 Å². The van der Waals surface area contributed by atoms with Crippen LogP contribution < -0.4 is 14.2 Å². The van der Waals surface area contributed by atoms with Gasteiger partial charge >= 0.3 is 5.97 Å². The largest absolute Gasteiger partial charge is 0.488 e. The van der Waals surface area contributed by atoms with E-state index in [2.05, 4.69) is 0 Å². The summed E-state index contributed by atoms with van der Waals surface area (Å²) in [5.41, 5.74) is 0. The van der Waals surface area contributed by atoms with Gasteiger partial charge in [-0.2, -0.15) is 0 Å². The molecule has 1 N–H and O–H groups in total. The lowest BCUT2D eigenvalue weighted by atomic mass is 10.2. The minimum atomic E-state index is -0.985. The Hall–Kier alpha value is -2.21. The number of carboxylic acids is 1. The van der Waals surface area contributed by atoms with E-state index >= 15 is 0 Å². The van der Waals surface area contributed by atoms with Crippen molar-refractivity contribution in [3.63, 3.8) is 0 Å². The van der Waals surface area contributed by atoms with Gasteiger partial charge in [0, 0.05) is 0 Å². The maximum absolute atomic E-state index is 11.0. The fourth-order valence-corrected chi connectivity index (χ4v) is 2.57. The van der Waals surface area contributed by atoms with Crippen LogP contribution in [0.25, 0.3) is 0 Å². The number of hydrogen-bond donors (Lipinski definition) is 1. The maximum atomic E-state index is 11.0. The van der Waals surface area contributed by atoms with Gasteiger partial charge in [-0.15, -0.1) is 11.3 Å². The number of aromatic carboxylic acids is 1. The highest BCUT2D eigenvalue weighted by Crippen LogP contribution is 2.31. The average molecular weight is 292 g/mol. The number of benzene rings is 1. The van der Waals surface area contributed by atoms with Gasteiger partial charge in [-0.1, -0.05) is 12.1 Å². The average Bonchev–Trinajstić information content (AvgIpc) is 2.93. The molecular formula is C14H12O5S. The molecule has 1 aliphatic heterocycles. The molecule has 5 nitrogen and oxygen atoms in total. The summed E-state index contributed by atoms with van der Waals surface area (Å²) in [6, 6.07) is 9.06. The Kier molecular flexibility index (Phi) is 3.47. The fourth-order valence-electron chi connectivity index (χ4n) is 1.90. The fraction of sp³-hybridized carbons (Fsp3) is 0.214. The second-order valence-electron chi connectivity index (χ2n) is 4.23. The van der Waals surface area contributed by atoms with Crippen LogP contribution in [0, 0.1) is 0 Å². The molecule has 1 aromatic carbocycles. The Balaban J connectivity index is 1.63. The van der Waals surface area contributed by atoms with Crippen molar-refractivity contribution in [2.75, 3.05) is 13.2 Å². The Morgan fingerprint density at radius 3 is 2.95 bits per heavy atom. The molecule has 6 heteroatoms. The van der Waals surface area contributed by atoms with Crippen molar-refractivity contribution in [3.8, 4) is 17.2 Å². The van der Waals surface area contributed by atoms with Gasteiger partial charge in [0.2, 0.25) is 0 Å². The zero-order valence-corrected chi connectivity index (χ0v) is 11.3. The molecule has 0 spiro atoms. The number of rotatable bonds is 4. The molecule has 2 aromatic rings. The Morgan fingerprint density at radius 2 is 2.15 bits per heavy atom. The predicted octanol–water partition coefficient (Wildman–Crippen LogP) is 2.67. The molecule has 0 fully saturated rings. The van der Waals surface area contributed by atoms with Gasteiger partial charge < -0.3 is 19.3 Å². The van der Waals surface area contributed by atoms with Gasteiger partial charge in [-0.05, 0) is 23.6 Å². The molecule has 3 rings (SSSR count). The van der Waals surface area contributed by atoms with Crippen molar-refractivity contribution < 1.29 is 24.1 Å². The van der Waals surface area contributed by atoms with Crippen molar-refractivity contribution >= 4 is 17.3 Å². The first kappa shape index (κ1) is 12.8. The number of carboxylic acid groups (broad SMARTS) is 1. The molecule has 0 amide bonds. The molecule has 0 saturated heterocycles. The third-order valence-electron chi connectivity index (χ3n) is 2.82. The van der Waals surface area contributed by atoms with Crippen molar-refractivity contribution in [2.24, 2.45) is 0 Å². The number of fused-ring (bicyclic) bond motifs is 1. The highest BCUT2D eigenvalue weighted by atomic mass is 32.1. The van der Waals surface area contributed by atoms with Gasteiger partial charge in [0.1, 0.15) is 19.0 Å². The first-order chi connectivity index (χ1) is 9.74. The van der Waals surface area contributed by atoms with Crippen LogP contribution in [0.4, 0.5) is 0 Å². The number of ether oxygens (including phenoxy) is 3. The van der Waals surface area contributed by atoms with Crippen LogP contribution in [0.1, 0.15) is 9.67 Å². The highest BCUT2D eigenvalue weighted by Gasteiger charge is 2.22. The molecular weight excluding hydrogens is 280 g/mol. The molecule has 0 radical (unpaired) electrons. The van der Waals surface area contributed by atoms with E-state index in [1.54, 1.807) is 11.4 Å². The molecule has 1 unspecified atom stereocenters. The first-order valence-electron chi connectivity index (χ1n) is 6.06. The van der Waals surface area contributed by atoms with Gasteiger partial charge in [0.15, 0.2) is 22.5 Å². The van der Waals surface area contributed by atoms with E-state index in [0.717, 1.165) is 11.3 Å². The first-order valence-corrected chi connectivity index (χ1v) is 6.94. The van der Waals surface area contributed by atoms with E-state index in [0.29, 0.717) is 23.9 Å². The summed E-state index contributed by atoms with van der Waals surface area (Å²) >= 11 is 1.14. The minimum absolute atomic E-state index is 0.196. The molecule has 0 saturated carbocycles. The standard InChI is InChI=1S/C14H12O5S/c15-14(16)13-12(5-6-20-13)18-8-9-7-17-10-3-1-2-4-11(10)19-9/h1-6,9H,7-8H2,(H,15,16). The molecule has 104 valence electrons. The quantitative estimate of drug-likeness (QED) is 0.938. The molecule has 1 aromatic heterocycles. The topological polar surface area (TPSA) is 65.0 Å². The lowest BCUT2D eigenvalue weighted by Gasteiger charge is -2.26. The minimum Gasteiger partial charge on any atom is -0.488 e. The van der Waals surface area contributed by atoms with Crippen LogP contribution in [-0.2, 0) is 0 Å². The number of hydrogen-bond acceptors (Lipinski definition) is 5. The summed E-state index contributed by atoms with van der Waals surface area (Å²) < 4.78 is 16.8. The van der Waals surface area contributed by atoms with Crippen LogP contribution in [0.15, 0.2) is 35.7 Å². The summed E-state index contributed by atoms with van der Waals surface area (Å²) in [5.74, 6) is 0.771. The Bertz CT molecular complexity index is 622. The number of para-hydroxylation sites is 2. The van der Waals surface area contributed by atoms with Crippen molar-refractivity contribution in [3.05, 3.63) is 40.6 Å². The zero-order chi connectivity index (χ0) is 13.9. The van der Waals surface area contributed by atoms with E-state index < -0.39 is 5.97 Å². The summed E-state index contributed by atoms with van der Waals surface area (Å²) in [6.45, 7) is 0.620. The van der Waals surface area contributed by atoms with E-state index in [1.807, 2.05) is 24.3 Å².